The van der Waals surface area contributed by atoms with Gasteiger partial charge >= 0.3 is 0 Å². The topological polar surface area (TPSA) is 179 Å². The van der Waals surface area contributed by atoms with Crippen molar-refractivity contribution in [1.29, 1.82) is 0 Å². The van der Waals surface area contributed by atoms with Crippen LogP contribution in [0.2, 0.25) is 0 Å². The van der Waals surface area contributed by atoms with Crippen LogP contribution in [-0.2, 0) is 18.9 Å². The van der Waals surface area contributed by atoms with Crippen LogP contribution in [0.1, 0.15) is 45.4 Å². The normalized spacial score (nSPS) is 41.4. The Balaban J connectivity index is 1.89. The largest absolute Gasteiger partial charge is 0.394 e. The van der Waals surface area contributed by atoms with Crippen LogP contribution < -0.4 is 0 Å². The van der Waals surface area contributed by atoms with Gasteiger partial charge in [-0.25, -0.2) is 0 Å². The fourth-order valence-electron chi connectivity index (χ4n) is 3.78. The van der Waals surface area contributed by atoms with E-state index in [0.717, 1.165) is 32.1 Å². The highest BCUT2D eigenvalue weighted by molar-refractivity contribution is 4.93. The Morgan fingerprint density at radius 1 is 0.645 bits per heavy atom. The molecule has 11 heteroatoms. The van der Waals surface area contributed by atoms with E-state index < -0.39 is 74.6 Å². The molecular weight excluding hydrogens is 416 g/mol. The number of hydrogen-bond donors (Lipinski definition) is 7. The van der Waals surface area contributed by atoms with Crippen LogP contribution in [0.15, 0.2) is 0 Å². The quantitative estimate of drug-likeness (QED) is 0.162. The van der Waals surface area contributed by atoms with Gasteiger partial charge in [0.15, 0.2) is 12.6 Å². The van der Waals surface area contributed by atoms with Gasteiger partial charge in [0.25, 0.3) is 0 Å². The maximum Gasteiger partial charge on any atom is 0.189 e. The van der Waals surface area contributed by atoms with E-state index in [1.807, 2.05) is 0 Å². The summed E-state index contributed by atoms with van der Waals surface area (Å²) in [5.41, 5.74) is 0. The van der Waals surface area contributed by atoms with Crippen LogP contribution in [0.4, 0.5) is 0 Å². The summed E-state index contributed by atoms with van der Waals surface area (Å²) >= 11 is 0. The highest BCUT2D eigenvalue weighted by Gasteiger charge is 2.50. The van der Waals surface area contributed by atoms with Gasteiger partial charge in [0.1, 0.15) is 48.8 Å². The van der Waals surface area contributed by atoms with Gasteiger partial charge in [-0.05, 0) is 6.42 Å². The number of rotatable bonds is 12. The second-order valence-electron chi connectivity index (χ2n) is 8.14. The van der Waals surface area contributed by atoms with E-state index in [1.54, 1.807) is 0 Å². The lowest BCUT2D eigenvalue weighted by molar-refractivity contribution is -0.378. The van der Waals surface area contributed by atoms with Crippen LogP contribution in [0.25, 0.3) is 0 Å². The zero-order valence-electron chi connectivity index (χ0n) is 17.9. The third kappa shape index (κ3) is 7.02. The first-order valence-corrected chi connectivity index (χ1v) is 11.1. The maximum atomic E-state index is 10.5. The third-order valence-corrected chi connectivity index (χ3v) is 5.75. The minimum atomic E-state index is -1.69. The van der Waals surface area contributed by atoms with Crippen molar-refractivity contribution in [3.63, 3.8) is 0 Å². The summed E-state index contributed by atoms with van der Waals surface area (Å²) in [4.78, 5) is 0. The monoisotopic (exact) mass is 454 g/mol. The van der Waals surface area contributed by atoms with Crippen LogP contribution >= 0.6 is 0 Å². The van der Waals surface area contributed by atoms with Crippen molar-refractivity contribution < 1.29 is 54.7 Å². The molecule has 0 saturated carbocycles. The molecular formula is C20H38O11. The molecule has 2 saturated heterocycles. The van der Waals surface area contributed by atoms with Gasteiger partial charge < -0.3 is 54.7 Å². The SMILES string of the molecule is CCCCCCCCO[C@H]1[C@H](O)[C@@H](O)C(O[C@H]2O[C@H](CO)[C@@H](O)[C@@H](O)[C@H]2O)O[C@@H]1CO. The zero-order valence-corrected chi connectivity index (χ0v) is 17.9. The van der Waals surface area contributed by atoms with Crippen molar-refractivity contribution in [1.82, 2.24) is 0 Å². The summed E-state index contributed by atoms with van der Waals surface area (Å²) < 4.78 is 21.8. The second kappa shape index (κ2) is 13.3. The van der Waals surface area contributed by atoms with Crippen LogP contribution in [0.3, 0.4) is 0 Å². The van der Waals surface area contributed by atoms with Crippen molar-refractivity contribution in [2.45, 2.75) is 107 Å². The lowest BCUT2D eigenvalue weighted by Gasteiger charge is -2.45. The van der Waals surface area contributed by atoms with E-state index >= 15 is 0 Å². The molecule has 2 heterocycles. The summed E-state index contributed by atoms with van der Waals surface area (Å²) in [5.74, 6) is 0. The number of hydrogen-bond acceptors (Lipinski definition) is 11. The minimum Gasteiger partial charge on any atom is -0.394 e. The molecule has 2 fully saturated rings. The molecule has 1 unspecified atom stereocenters. The minimum absolute atomic E-state index is 0.332. The fourth-order valence-corrected chi connectivity index (χ4v) is 3.78. The van der Waals surface area contributed by atoms with Gasteiger partial charge in [-0.1, -0.05) is 39.0 Å². The molecule has 2 aliphatic heterocycles. The molecule has 0 aromatic heterocycles. The smallest absolute Gasteiger partial charge is 0.189 e. The van der Waals surface area contributed by atoms with E-state index in [-0.39, 0.29) is 0 Å². The Morgan fingerprint density at radius 3 is 1.81 bits per heavy atom. The number of aliphatic hydroxyl groups excluding tert-OH is 7. The summed E-state index contributed by atoms with van der Waals surface area (Å²) in [6.45, 7) is 1.32. The molecule has 0 aromatic rings. The van der Waals surface area contributed by atoms with Gasteiger partial charge in [-0.3, -0.25) is 0 Å². The average Bonchev–Trinajstić information content (AvgIpc) is 2.77. The van der Waals surface area contributed by atoms with E-state index in [1.165, 1.54) is 6.42 Å². The molecule has 0 bridgehead atoms. The van der Waals surface area contributed by atoms with Crippen molar-refractivity contribution in [3.05, 3.63) is 0 Å². The highest BCUT2D eigenvalue weighted by Crippen LogP contribution is 2.29. The summed E-state index contributed by atoms with van der Waals surface area (Å²) in [6.07, 6.45) is -7.89. The molecule has 184 valence electrons. The predicted molar refractivity (Wildman–Crippen MR) is 106 cm³/mol. The molecule has 0 radical (unpaired) electrons. The summed E-state index contributed by atoms with van der Waals surface area (Å²) in [5, 5.41) is 69.6. The molecule has 0 spiro atoms. The first kappa shape index (κ1) is 26.8. The van der Waals surface area contributed by atoms with Gasteiger partial charge in [-0.15, -0.1) is 0 Å². The van der Waals surface area contributed by atoms with Crippen LogP contribution in [0, 0.1) is 0 Å². The lowest BCUT2D eigenvalue weighted by atomic mass is 9.98. The lowest BCUT2D eigenvalue weighted by Crippen LogP contribution is -2.64. The summed E-state index contributed by atoms with van der Waals surface area (Å²) in [7, 11) is 0. The fraction of sp³-hybridized carbons (Fsp3) is 1.00. The van der Waals surface area contributed by atoms with Crippen molar-refractivity contribution in [2.75, 3.05) is 19.8 Å². The average molecular weight is 455 g/mol. The van der Waals surface area contributed by atoms with E-state index in [4.69, 9.17) is 18.9 Å². The molecule has 7 N–H and O–H groups in total. The number of ether oxygens (including phenoxy) is 4. The van der Waals surface area contributed by atoms with Gasteiger partial charge in [0.05, 0.1) is 13.2 Å². The first-order chi connectivity index (χ1) is 14.8. The number of aliphatic hydroxyl groups is 7. The van der Waals surface area contributed by atoms with Crippen LogP contribution in [-0.4, -0.2) is 117 Å². The Hall–Kier alpha value is -0.440. The Kier molecular flexibility index (Phi) is 11.5. The molecule has 10 atom stereocenters. The number of unbranched alkanes of at least 4 members (excludes halogenated alkanes) is 5. The molecule has 2 rings (SSSR count). The van der Waals surface area contributed by atoms with E-state index in [9.17, 15) is 35.7 Å². The van der Waals surface area contributed by atoms with E-state index in [2.05, 4.69) is 6.92 Å². The Morgan fingerprint density at radius 2 is 1.19 bits per heavy atom. The molecule has 0 amide bonds. The highest BCUT2D eigenvalue weighted by atomic mass is 16.8. The zero-order chi connectivity index (χ0) is 23.0. The maximum absolute atomic E-state index is 10.5. The predicted octanol–water partition coefficient (Wildman–Crippen LogP) is -2.01. The van der Waals surface area contributed by atoms with Crippen molar-refractivity contribution in [2.24, 2.45) is 0 Å². The van der Waals surface area contributed by atoms with Crippen LogP contribution in [0.5, 0.6) is 0 Å². The molecule has 0 aliphatic carbocycles. The standard InChI is InChI=1S/C20H38O11/c1-2-3-4-5-6-7-8-28-18-12(10-22)30-20(17(27)15(18)25)31-19-16(26)14(24)13(23)11(9-21)29-19/h11-27H,2-10H2,1H3/t11-,12-,13-,14-,15-,16-,17-,18-,19-,20?/m1/s1. The third-order valence-electron chi connectivity index (χ3n) is 5.75. The van der Waals surface area contributed by atoms with E-state index in [0.29, 0.717) is 6.61 Å². The Bertz CT molecular complexity index is 492. The molecule has 2 aliphatic rings. The van der Waals surface area contributed by atoms with Gasteiger partial charge in [0, 0.05) is 6.61 Å². The molecule has 0 aromatic carbocycles. The van der Waals surface area contributed by atoms with Gasteiger partial charge in [0.2, 0.25) is 0 Å². The summed E-state index contributed by atoms with van der Waals surface area (Å²) in [6, 6.07) is 0. The van der Waals surface area contributed by atoms with Crippen molar-refractivity contribution >= 4 is 0 Å². The Labute approximate surface area is 182 Å². The molecule has 11 nitrogen and oxygen atoms in total. The second-order valence-corrected chi connectivity index (χ2v) is 8.14. The van der Waals surface area contributed by atoms with Gasteiger partial charge in [-0.2, -0.15) is 0 Å². The molecule has 31 heavy (non-hydrogen) atoms. The van der Waals surface area contributed by atoms with Crippen molar-refractivity contribution in [3.8, 4) is 0 Å². The first-order valence-electron chi connectivity index (χ1n) is 11.1.